The molecule has 144 valence electrons. The van der Waals surface area contributed by atoms with Gasteiger partial charge in [-0.25, -0.2) is 0 Å². The molecular formula is C20H16F3N3O2. The van der Waals surface area contributed by atoms with Crippen LogP contribution in [0.25, 0.3) is 5.70 Å². The number of anilines is 2. The second kappa shape index (κ2) is 7.59. The van der Waals surface area contributed by atoms with Crippen molar-refractivity contribution < 1.29 is 22.5 Å². The Bertz CT molecular complexity index is 1030. The van der Waals surface area contributed by atoms with Crippen molar-refractivity contribution in [2.24, 2.45) is 0 Å². The number of nitrogens with one attached hydrogen (secondary N) is 2. The SMILES string of the molecule is C=C(Nc1cccc(C(F)(F)F)c1)c1cccc(C(=O)Nc2cc(C)no2)c1. The van der Waals surface area contributed by atoms with E-state index in [0.717, 1.165) is 12.1 Å². The van der Waals surface area contributed by atoms with Crippen LogP contribution in [0.5, 0.6) is 0 Å². The fourth-order valence-corrected chi connectivity index (χ4v) is 2.47. The van der Waals surface area contributed by atoms with E-state index < -0.39 is 17.6 Å². The van der Waals surface area contributed by atoms with Gasteiger partial charge in [0.25, 0.3) is 5.91 Å². The molecule has 0 aliphatic carbocycles. The molecule has 0 saturated heterocycles. The van der Waals surface area contributed by atoms with Crippen LogP contribution in [0.15, 0.2) is 65.7 Å². The van der Waals surface area contributed by atoms with E-state index in [2.05, 4.69) is 22.4 Å². The van der Waals surface area contributed by atoms with E-state index in [1.165, 1.54) is 12.1 Å². The molecule has 1 amide bonds. The number of hydrogen-bond donors (Lipinski definition) is 2. The number of halogens is 3. The molecule has 0 aliphatic heterocycles. The van der Waals surface area contributed by atoms with Crippen molar-refractivity contribution in [2.75, 3.05) is 10.6 Å². The Morgan fingerprint density at radius 1 is 1.04 bits per heavy atom. The summed E-state index contributed by atoms with van der Waals surface area (Å²) in [6, 6.07) is 12.9. The molecule has 5 nitrogen and oxygen atoms in total. The molecule has 2 N–H and O–H groups in total. The van der Waals surface area contributed by atoms with Crippen LogP contribution in [0, 0.1) is 6.92 Å². The first-order valence-electron chi connectivity index (χ1n) is 8.21. The second-order valence-electron chi connectivity index (χ2n) is 6.05. The number of alkyl halides is 3. The molecule has 0 saturated carbocycles. The molecule has 3 aromatic rings. The zero-order chi connectivity index (χ0) is 20.3. The van der Waals surface area contributed by atoms with Crippen molar-refractivity contribution in [1.82, 2.24) is 5.16 Å². The van der Waals surface area contributed by atoms with Crippen LogP contribution in [-0.2, 0) is 6.18 Å². The Kier molecular flexibility index (Phi) is 5.21. The van der Waals surface area contributed by atoms with E-state index in [1.54, 1.807) is 37.3 Å². The topological polar surface area (TPSA) is 67.2 Å². The number of aromatic nitrogens is 1. The molecule has 0 unspecified atom stereocenters. The molecule has 3 rings (SSSR count). The average Bonchev–Trinajstić information content (AvgIpc) is 3.06. The third kappa shape index (κ3) is 4.59. The molecule has 1 heterocycles. The van der Waals surface area contributed by atoms with Gasteiger partial charge in [-0.15, -0.1) is 0 Å². The first kappa shape index (κ1) is 19.2. The molecule has 0 aliphatic rings. The average molecular weight is 387 g/mol. The van der Waals surface area contributed by atoms with Crippen LogP contribution < -0.4 is 10.6 Å². The minimum atomic E-state index is -4.43. The van der Waals surface area contributed by atoms with Gasteiger partial charge in [-0.1, -0.05) is 29.9 Å². The number of aryl methyl sites for hydroxylation is 1. The summed E-state index contributed by atoms with van der Waals surface area (Å²) in [5.41, 5.74) is 1.34. The summed E-state index contributed by atoms with van der Waals surface area (Å²) in [5, 5.41) is 9.10. The van der Waals surface area contributed by atoms with Gasteiger partial charge in [0.1, 0.15) is 0 Å². The number of hydrogen-bond acceptors (Lipinski definition) is 4. The molecule has 0 bridgehead atoms. The third-order valence-electron chi connectivity index (χ3n) is 3.82. The van der Waals surface area contributed by atoms with Gasteiger partial charge in [-0.2, -0.15) is 13.2 Å². The van der Waals surface area contributed by atoms with Gasteiger partial charge in [0.05, 0.1) is 11.3 Å². The lowest BCUT2D eigenvalue weighted by atomic mass is 10.1. The molecule has 2 aromatic carbocycles. The molecule has 0 spiro atoms. The molecule has 0 atom stereocenters. The van der Waals surface area contributed by atoms with Gasteiger partial charge < -0.3 is 9.84 Å². The highest BCUT2D eigenvalue weighted by molar-refractivity contribution is 6.04. The smallest absolute Gasteiger partial charge is 0.356 e. The van der Waals surface area contributed by atoms with Crippen molar-refractivity contribution >= 4 is 23.2 Å². The Morgan fingerprint density at radius 2 is 1.75 bits per heavy atom. The fourth-order valence-electron chi connectivity index (χ4n) is 2.47. The van der Waals surface area contributed by atoms with E-state index in [9.17, 15) is 18.0 Å². The van der Waals surface area contributed by atoms with Gasteiger partial charge in [-0.05, 0) is 42.8 Å². The molecule has 28 heavy (non-hydrogen) atoms. The number of carbonyl (C=O) groups excluding carboxylic acids is 1. The van der Waals surface area contributed by atoms with E-state index in [1.807, 2.05) is 0 Å². The molecule has 0 radical (unpaired) electrons. The monoisotopic (exact) mass is 387 g/mol. The molecule has 0 fully saturated rings. The van der Waals surface area contributed by atoms with Crippen LogP contribution in [-0.4, -0.2) is 11.1 Å². The molecule has 8 heteroatoms. The maximum atomic E-state index is 12.8. The first-order valence-corrected chi connectivity index (χ1v) is 8.21. The summed E-state index contributed by atoms with van der Waals surface area (Å²) in [7, 11) is 0. The summed E-state index contributed by atoms with van der Waals surface area (Å²) in [4.78, 5) is 12.3. The first-order chi connectivity index (χ1) is 13.2. The fraction of sp³-hybridized carbons (Fsp3) is 0.100. The van der Waals surface area contributed by atoms with Crippen LogP contribution in [0.4, 0.5) is 24.7 Å². The Balaban J connectivity index is 1.74. The summed E-state index contributed by atoms with van der Waals surface area (Å²) < 4.78 is 43.5. The van der Waals surface area contributed by atoms with Crippen molar-refractivity contribution in [3.63, 3.8) is 0 Å². The van der Waals surface area contributed by atoms with E-state index in [0.29, 0.717) is 22.5 Å². The lowest BCUT2D eigenvalue weighted by Gasteiger charge is -2.13. The van der Waals surface area contributed by atoms with Crippen LogP contribution in [0.3, 0.4) is 0 Å². The quantitative estimate of drug-likeness (QED) is 0.620. The Hall–Kier alpha value is -3.55. The van der Waals surface area contributed by atoms with Gasteiger partial charge in [0.2, 0.25) is 5.88 Å². The second-order valence-corrected chi connectivity index (χ2v) is 6.05. The number of nitrogens with zero attached hydrogens (tertiary/aromatic N) is 1. The predicted molar refractivity (Wildman–Crippen MR) is 99.7 cm³/mol. The summed E-state index contributed by atoms with van der Waals surface area (Å²) >= 11 is 0. The largest absolute Gasteiger partial charge is 0.416 e. The molecular weight excluding hydrogens is 371 g/mol. The number of benzene rings is 2. The lowest BCUT2D eigenvalue weighted by Crippen LogP contribution is -2.12. The minimum Gasteiger partial charge on any atom is -0.356 e. The Morgan fingerprint density at radius 3 is 2.43 bits per heavy atom. The zero-order valence-electron chi connectivity index (χ0n) is 14.8. The van der Waals surface area contributed by atoms with Gasteiger partial charge in [-0.3, -0.25) is 10.1 Å². The van der Waals surface area contributed by atoms with Gasteiger partial charge >= 0.3 is 6.18 Å². The zero-order valence-corrected chi connectivity index (χ0v) is 14.8. The van der Waals surface area contributed by atoms with Crippen molar-refractivity contribution in [1.29, 1.82) is 0 Å². The van der Waals surface area contributed by atoms with E-state index in [4.69, 9.17) is 4.52 Å². The standard InChI is InChI=1S/C20H16F3N3O2/c1-12-9-18(28-26-12)25-19(27)15-6-3-5-14(10-15)13(2)24-17-8-4-7-16(11-17)20(21,22)23/h3-11,24H,2H2,1H3,(H,25,27). The Labute approximate surface area is 158 Å². The summed E-state index contributed by atoms with van der Waals surface area (Å²) in [6.45, 7) is 5.57. The van der Waals surface area contributed by atoms with E-state index >= 15 is 0 Å². The molecule has 1 aromatic heterocycles. The number of rotatable bonds is 5. The van der Waals surface area contributed by atoms with Crippen LogP contribution in [0.1, 0.15) is 27.2 Å². The van der Waals surface area contributed by atoms with Crippen LogP contribution in [0.2, 0.25) is 0 Å². The van der Waals surface area contributed by atoms with E-state index in [-0.39, 0.29) is 11.6 Å². The van der Waals surface area contributed by atoms with Gasteiger partial charge in [0, 0.05) is 23.0 Å². The maximum Gasteiger partial charge on any atom is 0.416 e. The minimum absolute atomic E-state index is 0.217. The summed E-state index contributed by atoms with van der Waals surface area (Å²) in [5.74, 6) is -0.196. The number of amides is 1. The number of carbonyl (C=O) groups is 1. The highest BCUT2D eigenvalue weighted by atomic mass is 19.4. The highest BCUT2D eigenvalue weighted by Gasteiger charge is 2.30. The predicted octanol–water partition coefficient (Wildman–Crippen LogP) is 5.34. The van der Waals surface area contributed by atoms with Crippen LogP contribution >= 0.6 is 0 Å². The van der Waals surface area contributed by atoms with Crippen molar-refractivity contribution in [3.05, 3.63) is 83.6 Å². The van der Waals surface area contributed by atoms with Gasteiger partial charge in [0.15, 0.2) is 0 Å². The lowest BCUT2D eigenvalue weighted by molar-refractivity contribution is -0.137. The summed E-state index contributed by atoms with van der Waals surface area (Å²) in [6.07, 6.45) is -4.43. The maximum absolute atomic E-state index is 12.8. The normalized spacial score (nSPS) is 11.1. The van der Waals surface area contributed by atoms with Crippen molar-refractivity contribution in [3.8, 4) is 0 Å². The highest BCUT2D eigenvalue weighted by Crippen LogP contribution is 2.31. The third-order valence-corrected chi connectivity index (χ3v) is 3.82. The van der Waals surface area contributed by atoms with Crippen molar-refractivity contribution in [2.45, 2.75) is 13.1 Å².